The number of hydrogen-bond donors (Lipinski definition) is 0. The Balaban J connectivity index is 2.01. The van der Waals surface area contributed by atoms with Crippen molar-refractivity contribution < 1.29 is 4.79 Å². The molecule has 0 saturated heterocycles. The lowest BCUT2D eigenvalue weighted by molar-refractivity contribution is -0.131. The minimum absolute atomic E-state index is 0.0416. The third-order valence-electron chi connectivity index (χ3n) is 5.19. The van der Waals surface area contributed by atoms with Crippen LogP contribution in [-0.4, -0.2) is 47.8 Å². The summed E-state index contributed by atoms with van der Waals surface area (Å²) in [7, 11) is 0. The highest BCUT2D eigenvalue weighted by molar-refractivity contribution is 7.99. The van der Waals surface area contributed by atoms with Crippen LogP contribution in [0.4, 0.5) is 0 Å². The van der Waals surface area contributed by atoms with Gasteiger partial charge in [-0.15, -0.1) is 10.2 Å². The molecule has 0 unspecified atom stereocenters. The van der Waals surface area contributed by atoms with E-state index in [9.17, 15) is 9.59 Å². The summed E-state index contributed by atoms with van der Waals surface area (Å²) in [6.07, 6.45) is 3.04. The first kappa shape index (κ1) is 22.3. The van der Waals surface area contributed by atoms with Crippen LogP contribution in [0.5, 0.6) is 0 Å². The highest BCUT2D eigenvalue weighted by Gasteiger charge is 2.22. The minimum Gasteiger partial charge on any atom is -0.337 e. The Kier molecular flexibility index (Phi) is 7.18. The number of para-hydroxylation sites is 1. The van der Waals surface area contributed by atoms with Crippen LogP contribution in [0.15, 0.2) is 34.2 Å². The number of rotatable bonds is 9. The van der Waals surface area contributed by atoms with E-state index in [4.69, 9.17) is 0 Å². The van der Waals surface area contributed by atoms with E-state index in [1.165, 1.54) is 11.8 Å². The van der Waals surface area contributed by atoms with Gasteiger partial charge in [-0.3, -0.25) is 18.6 Å². The summed E-state index contributed by atoms with van der Waals surface area (Å²) in [6, 6.07) is 7.80. The fourth-order valence-corrected chi connectivity index (χ4v) is 4.73. The predicted octanol–water partition coefficient (Wildman–Crippen LogP) is 3.97. The van der Waals surface area contributed by atoms with E-state index in [-0.39, 0.29) is 29.3 Å². The van der Waals surface area contributed by atoms with Crippen LogP contribution in [-0.2, 0) is 11.3 Å². The van der Waals surface area contributed by atoms with Crippen molar-refractivity contribution in [2.75, 3.05) is 5.75 Å². The number of fused-ring (bicyclic) bond motifs is 3. The van der Waals surface area contributed by atoms with Gasteiger partial charge in [0.2, 0.25) is 11.7 Å². The van der Waals surface area contributed by atoms with Gasteiger partial charge in [-0.05, 0) is 46.2 Å². The highest BCUT2D eigenvalue weighted by atomic mass is 32.2. The summed E-state index contributed by atoms with van der Waals surface area (Å²) in [4.78, 5) is 27.8. The van der Waals surface area contributed by atoms with E-state index < -0.39 is 0 Å². The first-order valence-corrected chi connectivity index (χ1v) is 11.7. The largest absolute Gasteiger partial charge is 0.337 e. The first-order valence-electron chi connectivity index (χ1n) is 10.7. The van der Waals surface area contributed by atoms with Crippen molar-refractivity contribution in [3.8, 4) is 0 Å². The molecule has 0 fully saturated rings. The molecular formula is C22H31N5O2S. The first-order chi connectivity index (χ1) is 14.4. The van der Waals surface area contributed by atoms with E-state index in [2.05, 4.69) is 17.1 Å². The van der Waals surface area contributed by atoms with Gasteiger partial charge in [-0.25, -0.2) is 0 Å². The number of carbonyl (C=O) groups excluding carboxylic acids is 1. The number of unbranched alkanes of at least 4 members (excludes halogenated alkanes) is 2. The Morgan fingerprint density at radius 2 is 1.80 bits per heavy atom. The number of amides is 1. The minimum atomic E-state index is -0.0416. The van der Waals surface area contributed by atoms with Gasteiger partial charge in [0, 0.05) is 18.6 Å². The molecule has 30 heavy (non-hydrogen) atoms. The molecule has 0 spiro atoms. The van der Waals surface area contributed by atoms with Gasteiger partial charge in [-0.2, -0.15) is 0 Å². The summed E-state index contributed by atoms with van der Waals surface area (Å²) in [5, 5.41) is 9.94. The van der Waals surface area contributed by atoms with Crippen LogP contribution in [0.1, 0.15) is 53.9 Å². The molecule has 0 atom stereocenters. The zero-order valence-electron chi connectivity index (χ0n) is 18.5. The molecule has 1 aromatic carbocycles. The third kappa shape index (κ3) is 4.38. The van der Waals surface area contributed by atoms with Gasteiger partial charge < -0.3 is 4.90 Å². The fourth-order valence-electron chi connectivity index (χ4n) is 3.92. The number of nitrogens with zero attached hydrogens (tertiary/aromatic N) is 5. The number of carbonyl (C=O) groups is 1. The van der Waals surface area contributed by atoms with E-state index in [0.29, 0.717) is 22.9 Å². The van der Waals surface area contributed by atoms with Crippen LogP contribution >= 0.6 is 11.8 Å². The van der Waals surface area contributed by atoms with Gasteiger partial charge in [0.25, 0.3) is 5.56 Å². The number of aryl methyl sites for hydroxylation is 1. The van der Waals surface area contributed by atoms with Crippen molar-refractivity contribution >= 4 is 34.3 Å². The van der Waals surface area contributed by atoms with Crippen LogP contribution in [0.3, 0.4) is 0 Å². The molecule has 0 aliphatic heterocycles. The molecule has 0 radical (unpaired) electrons. The van der Waals surface area contributed by atoms with Crippen molar-refractivity contribution in [1.29, 1.82) is 0 Å². The normalized spacial score (nSPS) is 11.8. The van der Waals surface area contributed by atoms with Gasteiger partial charge in [-0.1, -0.05) is 43.7 Å². The summed E-state index contributed by atoms with van der Waals surface area (Å²) in [6.45, 7) is 10.8. The Bertz CT molecular complexity index is 1080. The molecule has 7 nitrogen and oxygen atoms in total. The topological polar surface area (TPSA) is 72.5 Å². The monoisotopic (exact) mass is 429 g/mol. The summed E-state index contributed by atoms with van der Waals surface area (Å²) >= 11 is 1.37. The van der Waals surface area contributed by atoms with E-state index >= 15 is 0 Å². The maximum Gasteiger partial charge on any atom is 0.262 e. The maximum atomic E-state index is 13.1. The lowest BCUT2D eigenvalue weighted by atomic mass is 10.2. The standard InChI is InChI=1S/C22H31N5O2S/c1-6-7-10-13-25-20(29)17-11-8-9-12-18(17)27-21(25)23-24-22(27)30-14-19(28)26(15(2)3)16(4)5/h8-9,11-12,15-16H,6-7,10,13-14H2,1-5H3. The van der Waals surface area contributed by atoms with Crippen molar-refractivity contribution in [1.82, 2.24) is 24.1 Å². The lowest BCUT2D eigenvalue weighted by Crippen LogP contribution is -2.43. The summed E-state index contributed by atoms with van der Waals surface area (Å²) in [5.74, 6) is 0.886. The Labute approximate surface area is 181 Å². The number of benzene rings is 1. The van der Waals surface area contributed by atoms with Crippen molar-refractivity contribution in [3.63, 3.8) is 0 Å². The summed E-state index contributed by atoms with van der Waals surface area (Å²) < 4.78 is 3.63. The van der Waals surface area contributed by atoms with E-state index in [0.717, 1.165) is 24.8 Å². The molecule has 0 aliphatic rings. The Hall–Kier alpha value is -2.35. The average molecular weight is 430 g/mol. The maximum absolute atomic E-state index is 13.1. The number of hydrogen-bond acceptors (Lipinski definition) is 5. The second-order valence-corrected chi connectivity index (χ2v) is 9.02. The van der Waals surface area contributed by atoms with Crippen molar-refractivity contribution in [2.45, 2.75) is 77.7 Å². The molecule has 2 aromatic heterocycles. The molecule has 0 bridgehead atoms. The Morgan fingerprint density at radius 3 is 2.47 bits per heavy atom. The molecular weight excluding hydrogens is 398 g/mol. The van der Waals surface area contributed by atoms with Crippen LogP contribution in [0, 0.1) is 0 Å². The molecule has 3 aromatic rings. The molecule has 8 heteroatoms. The van der Waals surface area contributed by atoms with E-state index in [1.54, 1.807) is 4.57 Å². The smallest absolute Gasteiger partial charge is 0.262 e. The van der Waals surface area contributed by atoms with E-state index in [1.807, 2.05) is 61.3 Å². The van der Waals surface area contributed by atoms with Crippen LogP contribution in [0.25, 0.3) is 16.7 Å². The number of aromatic nitrogens is 4. The highest BCUT2D eigenvalue weighted by Crippen LogP contribution is 2.23. The van der Waals surface area contributed by atoms with Gasteiger partial charge in [0.1, 0.15) is 0 Å². The Morgan fingerprint density at radius 1 is 1.10 bits per heavy atom. The molecule has 162 valence electrons. The lowest BCUT2D eigenvalue weighted by Gasteiger charge is -2.30. The fraction of sp³-hybridized carbons (Fsp3) is 0.545. The third-order valence-corrected chi connectivity index (χ3v) is 6.10. The molecule has 1 amide bonds. The van der Waals surface area contributed by atoms with Crippen LogP contribution < -0.4 is 5.56 Å². The average Bonchev–Trinajstić information content (AvgIpc) is 3.12. The van der Waals surface area contributed by atoms with Crippen LogP contribution in [0.2, 0.25) is 0 Å². The molecule has 0 aliphatic carbocycles. The van der Waals surface area contributed by atoms with Gasteiger partial charge in [0.15, 0.2) is 5.16 Å². The van der Waals surface area contributed by atoms with Crippen molar-refractivity contribution in [2.24, 2.45) is 0 Å². The molecule has 0 N–H and O–H groups in total. The second kappa shape index (κ2) is 9.64. The summed E-state index contributed by atoms with van der Waals surface area (Å²) in [5.41, 5.74) is 0.730. The second-order valence-electron chi connectivity index (χ2n) is 8.08. The molecule has 3 rings (SSSR count). The zero-order valence-corrected chi connectivity index (χ0v) is 19.3. The number of thioether (sulfide) groups is 1. The van der Waals surface area contributed by atoms with Crippen molar-refractivity contribution in [3.05, 3.63) is 34.6 Å². The predicted molar refractivity (Wildman–Crippen MR) is 122 cm³/mol. The van der Waals surface area contributed by atoms with Gasteiger partial charge in [0.05, 0.1) is 16.7 Å². The SMILES string of the molecule is CCCCCn1c(=O)c2ccccc2n2c(SCC(=O)N(C(C)C)C(C)C)nnc12. The molecule has 0 saturated carbocycles. The molecule has 2 heterocycles. The zero-order chi connectivity index (χ0) is 21.8. The van der Waals surface area contributed by atoms with Gasteiger partial charge >= 0.3 is 0 Å². The quantitative estimate of drug-likeness (QED) is 0.380.